The first-order valence-corrected chi connectivity index (χ1v) is 8.44. The molecule has 1 saturated carbocycles. The van der Waals surface area contributed by atoms with Gasteiger partial charge in [-0.05, 0) is 24.0 Å². The molecule has 0 unspecified atom stereocenters. The standard InChI is InChI=1S/C14H24N2O3S/c1-19-13(18)10-14(3-4-14)11-20-9-2-12(17)16-7-5-15-6-8-16/h15H,2-11H2,1H3. The predicted molar refractivity (Wildman–Crippen MR) is 79.7 cm³/mol. The number of rotatable bonds is 7. The molecule has 0 bridgehead atoms. The number of nitrogens with one attached hydrogen (secondary N) is 1. The maximum atomic E-state index is 12.0. The van der Waals surface area contributed by atoms with Gasteiger partial charge < -0.3 is 15.0 Å². The molecule has 0 spiro atoms. The van der Waals surface area contributed by atoms with Crippen LogP contribution >= 0.6 is 11.8 Å². The first kappa shape index (κ1) is 15.6. The van der Waals surface area contributed by atoms with Gasteiger partial charge in [0.1, 0.15) is 0 Å². The highest BCUT2D eigenvalue weighted by atomic mass is 32.2. The second-order valence-corrected chi connectivity index (χ2v) is 6.79. The number of ether oxygens (including phenoxy) is 1. The molecule has 0 aromatic heterocycles. The van der Waals surface area contributed by atoms with Gasteiger partial charge in [-0.25, -0.2) is 0 Å². The number of hydrogen-bond acceptors (Lipinski definition) is 5. The van der Waals surface area contributed by atoms with Crippen molar-refractivity contribution in [3.8, 4) is 0 Å². The van der Waals surface area contributed by atoms with Gasteiger partial charge in [-0.3, -0.25) is 9.59 Å². The maximum absolute atomic E-state index is 12.0. The van der Waals surface area contributed by atoms with E-state index in [1.165, 1.54) is 7.11 Å². The highest BCUT2D eigenvalue weighted by Crippen LogP contribution is 2.51. The lowest BCUT2D eigenvalue weighted by molar-refractivity contribution is -0.141. The molecule has 114 valence electrons. The van der Waals surface area contributed by atoms with Gasteiger partial charge in [-0.1, -0.05) is 0 Å². The van der Waals surface area contributed by atoms with Crippen LogP contribution in [0, 0.1) is 5.41 Å². The third-order valence-electron chi connectivity index (χ3n) is 4.04. The second-order valence-electron chi connectivity index (χ2n) is 5.69. The fraction of sp³-hybridized carbons (Fsp3) is 0.857. The lowest BCUT2D eigenvalue weighted by Crippen LogP contribution is -2.46. The Labute approximate surface area is 124 Å². The molecular formula is C14H24N2O3S. The van der Waals surface area contributed by atoms with Gasteiger partial charge in [0.05, 0.1) is 13.5 Å². The van der Waals surface area contributed by atoms with E-state index in [2.05, 4.69) is 5.32 Å². The Hall–Kier alpha value is -0.750. The van der Waals surface area contributed by atoms with E-state index >= 15 is 0 Å². The number of methoxy groups -OCH3 is 1. The zero-order chi connectivity index (χ0) is 14.4. The van der Waals surface area contributed by atoms with Crippen LogP contribution in [0.15, 0.2) is 0 Å². The quantitative estimate of drug-likeness (QED) is 0.559. The van der Waals surface area contributed by atoms with Crippen molar-refractivity contribution in [2.45, 2.75) is 25.7 Å². The summed E-state index contributed by atoms with van der Waals surface area (Å²) in [5, 5.41) is 3.25. The summed E-state index contributed by atoms with van der Waals surface area (Å²) in [6.45, 7) is 3.47. The zero-order valence-electron chi connectivity index (χ0n) is 12.2. The average molecular weight is 300 g/mol. The van der Waals surface area contributed by atoms with Crippen LogP contribution in [-0.4, -0.2) is 61.6 Å². The summed E-state index contributed by atoms with van der Waals surface area (Å²) in [5.74, 6) is 1.97. The molecule has 6 heteroatoms. The van der Waals surface area contributed by atoms with Crippen LogP contribution in [0.1, 0.15) is 25.7 Å². The van der Waals surface area contributed by atoms with Crippen molar-refractivity contribution in [3.05, 3.63) is 0 Å². The molecule has 1 aliphatic heterocycles. The molecule has 1 amide bonds. The molecule has 0 radical (unpaired) electrons. The number of esters is 1. The summed E-state index contributed by atoms with van der Waals surface area (Å²) in [7, 11) is 1.44. The summed E-state index contributed by atoms with van der Waals surface area (Å²) >= 11 is 1.80. The minimum Gasteiger partial charge on any atom is -0.469 e. The Morgan fingerprint density at radius 3 is 2.60 bits per heavy atom. The number of amides is 1. The van der Waals surface area contributed by atoms with E-state index in [1.807, 2.05) is 4.90 Å². The highest BCUT2D eigenvalue weighted by molar-refractivity contribution is 7.99. The van der Waals surface area contributed by atoms with Gasteiger partial charge in [-0.15, -0.1) is 0 Å². The Kier molecular flexibility index (Phi) is 5.72. The SMILES string of the molecule is COC(=O)CC1(CSCCC(=O)N2CCNCC2)CC1. The van der Waals surface area contributed by atoms with Crippen molar-refractivity contribution in [3.63, 3.8) is 0 Å². The van der Waals surface area contributed by atoms with E-state index in [0.717, 1.165) is 50.5 Å². The van der Waals surface area contributed by atoms with Crippen molar-refractivity contribution in [2.24, 2.45) is 5.41 Å². The summed E-state index contributed by atoms with van der Waals surface area (Å²) in [6, 6.07) is 0. The molecule has 20 heavy (non-hydrogen) atoms. The summed E-state index contributed by atoms with van der Waals surface area (Å²) in [5.41, 5.74) is 0.163. The van der Waals surface area contributed by atoms with Crippen molar-refractivity contribution < 1.29 is 14.3 Å². The summed E-state index contributed by atoms with van der Waals surface area (Å²) < 4.78 is 4.74. The topological polar surface area (TPSA) is 58.6 Å². The third-order valence-corrected chi connectivity index (χ3v) is 5.35. The van der Waals surface area contributed by atoms with Crippen molar-refractivity contribution >= 4 is 23.6 Å². The number of carbonyl (C=O) groups is 2. The molecule has 1 saturated heterocycles. The van der Waals surface area contributed by atoms with Gasteiger partial charge in [0, 0.05) is 38.4 Å². The van der Waals surface area contributed by atoms with Gasteiger partial charge in [0.2, 0.25) is 5.91 Å². The molecule has 2 aliphatic rings. The smallest absolute Gasteiger partial charge is 0.306 e. The Bertz CT molecular complexity index is 352. The van der Waals surface area contributed by atoms with Crippen molar-refractivity contribution in [1.29, 1.82) is 0 Å². The Balaban J connectivity index is 1.59. The van der Waals surface area contributed by atoms with Gasteiger partial charge in [0.15, 0.2) is 0 Å². The van der Waals surface area contributed by atoms with E-state index < -0.39 is 0 Å². The number of thioether (sulfide) groups is 1. The first-order valence-electron chi connectivity index (χ1n) is 7.28. The van der Waals surface area contributed by atoms with E-state index in [0.29, 0.717) is 12.8 Å². The second kappa shape index (κ2) is 7.31. The minimum absolute atomic E-state index is 0.111. The summed E-state index contributed by atoms with van der Waals surface area (Å²) in [6.07, 6.45) is 3.36. The van der Waals surface area contributed by atoms with E-state index in [-0.39, 0.29) is 17.3 Å². The molecule has 0 aromatic carbocycles. The van der Waals surface area contributed by atoms with Crippen LogP contribution in [0.4, 0.5) is 0 Å². The van der Waals surface area contributed by atoms with E-state index in [1.54, 1.807) is 11.8 Å². The summed E-state index contributed by atoms with van der Waals surface area (Å²) in [4.78, 5) is 25.2. The molecule has 1 aliphatic carbocycles. The number of carbonyl (C=O) groups excluding carboxylic acids is 2. The molecule has 5 nitrogen and oxygen atoms in total. The predicted octanol–water partition coefficient (Wildman–Crippen LogP) is 0.885. The molecule has 1 N–H and O–H groups in total. The van der Waals surface area contributed by atoms with E-state index in [9.17, 15) is 9.59 Å². The molecule has 2 fully saturated rings. The minimum atomic E-state index is -0.111. The molecule has 1 heterocycles. The van der Waals surface area contributed by atoms with E-state index in [4.69, 9.17) is 4.74 Å². The van der Waals surface area contributed by atoms with Crippen molar-refractivity contribution in [2.75, 3.05) is 44.8 Å². The fourth-order valence-electron chi connectivity index (χ4n) is 2.45. The van der Waals surface area contributed by atoms with Crippen LogP contribution < -0.4 is 5.32 Å². The fourth-order valence-corrected chi connectivity index (χ4v) is 3.73. The molecule has 0 aromatic rings. The lowest BCUT2D eigenvalue weighted by Gasteiger charge is -2.27. The number of nitrogens with zero attached hydrogens (tertiary/aromatic N) is 1. The Morgan fingerprint density at radius 2 is 2.00 bits per heavy atom. The van der Waals surface area contributed by atoms with Crippen LogP contribution in [0.5, 0.6) is 0 Å². The molecular weight excluding hydrogens is 276 g/mol. The molecule has 0 atom stereocenters. The highest BCUT2D eigenvalue weighted by Gasteiger charge is 2.44. The normalized spacial score (nSPS) is 20.6. The number of piperazine rings is 1. The molecule has 2 rings (SSSR count). The van der Waals surface area contributed by atoms with Gasteiger partial charge >= 0.3 is 5.97 Å². The van der Waals surface area contributed by atoms with Crippen LogP contribution in [0.25, 0.3) is 0 Å². The average Bonchev–Trinajstić information content (AvgIpc) is 3.24. The third kappa shape index (κ3) is 4.66. The van der Waals surface area contributed by atoms with Crippen LogP contribution in [0.3, 0.4) is 0 Å². The lowest BCUT2D eigenvalue weighted by atomic mass is 10.1. The number of hydrogen-bond donors (Lipinski definition) is 1. The largest absolute Gasteiger partial charge is 0.469 e. The van der Waals surface area contributed by atoms with Gasteiger partial charge in [0.25, 0.3) is 0 Å². The van der Waals surface area contributed by atoms with Crippen molar-refractivity contribution in [1.82, 2.24) is 10.2 Å². The monoisotopic (exact) mass is 300 g/mol. The van der Waals surface area contributed by atoms with Crippen LogP contribution in [-0.2, 0) is 14.3 Å². The maximum Gasteiger partial charge on any atom is 0.306 e. The zero-order valence-corrected chi connectivity index (χ0v) is 13.0. The first-order chi connectivity index (χ1) is 9.65. The van der Waals surface area contributed by atoms with Crippen LogP contribution in [0.2, 0.25) is 0 Å². The Morgan fingerprint density at radius 1 is 1.30 bits per heavy atom. The van der Waals surface area contributed by atoms with Gasteiger partial charge in [-0.2, -0.15) is 11.8 Å².